The van der Waals surface area contributed by atoms with Gasteiger partial charge in [0.25, 0.3) is 0 Å². The number of carbonyl (C=O) groups is 2. The highest BCUT2D eigenvalue weighted by Crippen LogP contribution is 2.29. The summed E-state index contributed by atoms with van der Waals surface area (Å²) in [6.07, 6.45) is 0. The molecule has 9 heteroatoms. The van der Waals surface area contributed by atoms with Gasteiger partial charge >= 0.3 is 0 Å². The molecule has 2 N–H and O–H groups in total. The summed E-state index contributed by atoms with van der Waals surface area (Å²) in [4.78, 5) is 26.8. The molecule has 3 aromatic carbocycles. The van der Waals surface area contributed by atoms with Crippen LogP contribution in [0.25, 0.3) is 0 Å². The second-order valence-corrected chi connectivity index (χ2v) is 11.5. The number of aryl methyl sites for hydroxylation is 2. The van der Waals surface area contributed by atoms with E-state index in [9.17, 15) is 9.59 Å². The van der Waals surface area contributed by atoms with Crippen LogP contribution in [0.3, 0.4) is 0 Å². The summed E-state index contributed by atoms with van der Waals surface area (Å²) < 4.78 is 2.02. The standard InChI is InChI=1S/C24H21Br2ClN2O2S2/c1-14-9-16(25)3-7-21(14)32-12-23(30)28-18-5-6-20(19(27)11-18)29-24(31)13-33-22-8-4-17(26)10-15(22)2/h3-11H,12-13H2,1-2H3,(H,28,30)(H,29,31). The number of anilines is 2. The van der Waals surface area contributed by atoms with E-state index in [4.69, 9.17) is 11.6 Å². The van der Waals surface area contributed by atoms with Crippen LogP contribution in [0.5, 0.6) is 0 Å². The van der Waals surface area contributed by atoms with E-state index in [1.54, 1.807) is 18.2 Å². The Bertz CT molecular complexity index is 1190. The Balaban J connectivity index is 1.51. The van der Waals surface area contributed by atoms with Crippen molar-refractivity contribution >= 4 is 90.2 Å². The summed E-state index contributed by atoms with van der Waals surface area (Å²) in [7, 11) is 0. The molecule has 3 aromatic rings. The van der Waals surface area contributed by atoms with Crippen LogP contribution in [0.2, 0.25) is 5.02 Å². The zero-order valence-corrected chi connectivity index (χ0v) is 23.4. The monoisotopic (exact) mass is 626 g/mol. The molecular formula is C24H21Br2ClN2O2S2. The molecule has 0 spiro atoms. The summed E-state index contributed by atoms with van der Waals surface area (Å²) in [5.74, 6) is 0.272. The molecule has 3 rings (SSSR count). The lowest BCUT2D eigenvalue weighted by molar-refractivity contribution is -0.114. The SMILES string of the molecule is Cc1cc(Br)ccc1SCC(=O)Nc1ccc(NC(=O)CSc2ccc(Br)cc2C)c(Cl)c1. The van der Waals surface area contributed by atoms with Gasteiger partial charge < -0.3 is 10.6 Å². The first-order valence-electron chi connectivity index (χ1n) is 9.88. The van der Waals surface area contributed by atoms with Gasteiger partial charge in [0.1, 0.15) is 0 Å². The van der Waals surface area contributed by atoms with E-state index < -0.39 is 0 Å². The third kappa shape index (κ3) is 8.07. The highest BCUT2D eigenvalue weighted by molar-refractivity contribution is 9.10. The van der Waals surface area contributed by atoms with Crippen LogP contribution in [0.1, 0.15) is 11.1 Å². The predicted octanol–water partition coefficient (Wildman–Crippen LogP) is 7.94. The van der Waals surface area contributed by atoms with E-state index in [-0.39, 0.29) is 23.3 Å². The minimum atomic E-state index is -0.151. The van der Waals surface area contributed by atoms with E-state index in [1.165, 1.54) is 23.5 Å². The van der Waals surface area contributed by atoms with Gasteiger partial charge in [-0.2, -0.15) is 0 Å². The molecule has 0 aromatic heterocycles. The van der Waals surface area contributed by atoms with Crippen LogP contribution in [-0.2, 0) is 9.59 Å². The molecule has 0 saturated heterocycles. The first-order valence-corrected chi connectivity index (χ1v) is 13.8. The lowest BCUT2D eigenvalue weighted by Gasteiger charge is -2.11. The number of thioether (sulfide) groups is 2. The molecule has 33 heavy (non-hydrogen) atoms. The molecule has 0 bridgehead atoms. The van der Waals surface area contributed by atoms with Gasteiger partial charge in [-0.1, -0.05) is 43.5 Å². The molecular weight excluding hydrogens is 608 g/mol. The Morgan fingerprint density at radius 2 is 1.30 bits per heavy atom. The number of amides is 2. The van der Waals surface area contributed by atoms with Crippen molar-refractivity contribution in [2.24, 2.45) is 0 Å². The third-order valence-electron chi connectivity index (χ3n) is 4.52. The van der Waals surface area contributed by atoms with Gasteiger partial charge in [-0.05, 0) is 79.6 Å². The largest absolute Gasteiger partial charge is 0.325 e. The number of hydrogen-bond acceptors (Lipinski definition) is 4. The smallest absolute Gasteiger partial charge is 0.234 e. The quantitative estimate of drug-likeness (QED) is 0.249. The maximum atomic E-state index is 12.4. The molecule has 0 aliphatic rings. The van der Waals surface area contributed by atoms with Gasteiger partial charge in [-0.25, -0.2) is 0 Å². The van der Waals surface area contributed by atoms with Crippen molar-refractivity contribution in [2.75, 3.05) is 22.1 Å². The molecule has 4 nitrogen and oxygen atoms in total. The molecule has 0 unspecified atom stereocenters. The number of halogens is 3. The fourth-order valence-corrected chi connectivity index (χ4v) is 5.71. The van der Waals surface area contributed by atoms with Gasteiger partial charge in [0.2, 0.25) is 11.8 Å². The van der Waals surface area contributed by atoms with E-state index >= 15 is 0 Å². The molecule has 0 heterocycles. The summed E-state index contributed by atoms with van der Waals surface area (Å²) in [6, 6.07) is 17.0. The van der Waals surface area contributed by atoms with Crippen LogP contribution in [0.4, 0.5) is 11.4 Å². The number of hydrogen-bond donors (Lipinski definition) is 2. The minimum absolute atomic E-state index is 0.128. The Morgan fingerprint density at radius 3 is 1.79 bits per heavy atom. The number of rotatable bonds is 8. The second-order valence-electron chi connectivity index (χ2n) is 7.19. The molecule has 0 saturated carbocycles. The van der Waals surface area contributed by atoms with Crippen molar-refractivity contribution in [3.05, 3.63) is 79.7 Å². The number of benzene rings is 3. The third-order valence-corrected chi connectivity index (χ3v) is 8.17. The van der Waals surface area contributed by atoms with Crippen molar-refractivity contribution in [1.82, 2.24) is 0 Å². The maximum Gasteiger partial charge on any atom is 0.234 e. The van der Waals surface area contributed by atoms with Crippen LogP contribution >= 0.6 is 67.0 Å². The normalized spacial score (nSPS) is 10.7. The van der Waals surface area contributed by atoms with Crippen molar-refractivity contribution in [2.45, 2.75) is 23.6 Å². The minimum Gasteiger partial charge on any atom is -0.325 e. The average Bonchev–Trinajstić information content (AvgIpc) is 2.74. The molecule has 172 valence electrons. The Kier molecular flexibility index (Phi) is 9.76. The van der Waals surface area contributed by atoms with Gasteiger partial charge in [0, 0.05) is 24.4 Å². The summed E-state index contributed by atoms with van der Waals surface area (Å²) in [6.45, 7) is 4.02. The van der Waals surface area contributed by atoms with Crippen LogP contribution in [0, 0.1) is 13.8 Å². The van der Waals surface area contributed by atoms with E-state index in [0.29, 0.717) is 16.4 Å². The molecule has 2 amide bonds. The fourth-order valence-electron chi connectivity index (χ4n) is 2.91. The molecule has 0 radical (unpaired) electrons. The fraction of sp³-hybridized carbons (Fsp3) is 0.167. The van der Waals surface area contributed by atoms with Gasteiger partial charge in [-0.15, -0.1) is 23.5 Å². The Labute approximate surface area is 223 Å². The van der Waals surface area contributed by atoms with Crippen LogP contribution in [0.15, 0.2) is 73.3 Å². The van der Waals surface area contributed by atoms with Crippen molar-refractivity contribution in [1.29, 1.82) is 0 Å². The zero-order valence-electron chi connectivity index (χ0n) is 17.9. The van der Waals surface area contributed by atoms with Gasteiger partial charge in [0.05, 0.1) is 22.2 Å². The van der Waals surface area contributed by atoms with Gasteiger partial charge in [0.15, 0.2) is 0 Å². The Morgan fingerprint density at radius 1 is 0.788 bits per heavy atom. The van der Waals surface area contributed by atoms with Crippen LogP contribution < -0.4 is 10.6 Å². The van der Waals surface area contributed by atoms with Gasteiger partial charge in [-0.3, -0.25) is 9.59 Å². The van der Waals surface area contributed by atoms with E-state index in [1.807, 2.05) is 50.2 Å². The highest BCUT2D eigenvalue weighted by Gasteiger charge is 2.11. The average molecular weight is 629 g/mol. The molecule has 0 fully saturated rings. The zero-order chi connectivity index (χ0) is 24.0. The topological polar surface area (TPSA) is 58.2 Å². The summed E-state index contributed by atoms with van der Waals surface area (Å²) in [5.41, 5.74) is 3.30. The summed E-state index contributed by atoms with van der Waals surface area (Å²) >= 11 is 16.2. The number of carbonyl (C=O) groups excluding carboxylic acids is 2. The molecule has 0 aliphatic heterocycles. The van der Waals surface area contributed by atoms with E-state index in [0.717, 1.165) is 29.9 Å². The van der Waals surface area contributed by atoms with Crippen molar-refractivity contribution in [3.8, 4) is 0 Å². The van der Waals surface area contributed by atoms with Crippen molar-refractivity contribution < 1.29 is 9.59 Å². The predicted molar refractivity (Wildman–Crippen MR) is 148 cm³/mol. The number of nitrogens with one attached hydrogen (secondary N) is 2. The second kappa shape index (κ2) is 12.3. The first-order chi connectivity index (χ1) is 15.7. The van der Waals surface area contributed by atoms with Crippen molar-refractivity contribution in [3.63, 3.8) is 0 Å². The van der Waals surface area contributed by atoms with Crippen LogP contribution in [-0.4, -0.2) is 23.3 Å². The highest BCUT2D eigenvalue weighted by atomic mass is 79.9. The molecule has 0 atom stereocenters. The first kappa shape index (κ1) is 26.2. The Hall–Kier alpha value is -1.45. The molecule has 0 aliphatic carbocycles. The lowest BCUT2D eigenvalue weighted by atomic mass is 10.2. The summed E-state index contributed by atoms with van der Waals surface area (Å²) in [5, 5.41) is 6.04. The van der Waals surface area contributed by atoms with E-state index in [2.05, 4.69) is 42.5 Å². The maximum absolute atomic E-state index is 12.4. The lowest BCUT2D eigenvalue weighted by Crippen LogP contribution is -2.16.